The van der Waals surface area contributed by atoms with Crippen molar-refractivity contribution in [2.24, 2.45) is 0 Å². The number of nitrogens with zero attached hydrogens (tertiary/aromatic N) is 2. The van der Waals surface area contributed by atoms with Crippen LogP contribution in [0.5, 0.6) is 0 Å². The van der Waals surface area contributed by atoms with Crippen LogP contribution in [0.2, 0.25) is 0 Å². The summed E-state index contributed by atoms with van der Waals surface area (Å²) in [5, 5.41) is 2.80. The van der Waals surface area contributed by atoms with Crippen LogP contribution in [0, 0.1) is 12.3 Å². The molecule has 0 aromatic carbocycles. The zero-order chi connectivity index (χ0) is 15.3. The Morgan fingerprint density at radius 3 is 2.75 bits per heavy atom. The maximum absolute atomic E-state index is 11.8. The Morgan fingerprint density at radius 1 is 1.55 bits per heavy atom. The Balaban J connectivity index is 2.74. The summed E-state index contributed by atoms with van der Waals surface area (Å²) in [4.78, 5) is 15.9. The molecular formula is C15H23N3O2. The number of hydrogen-bond acceptors (Lipinski definition) is 3. The summed E-state index contributed by atoms with van der Waals surface area (Å²) >= 11 is 0. The Morgan fingerprint density at radius 2 is 2.20 bits per heavy atom. The smallest absolute Gasteiger partial charge is 0.408 e. The number of aromatic nitrogens is 2. The summed E-state index contributed by atoms with van der Waals surface area (Å²) < 4.78 is 7.22. The van der Waals surface area contributed by atoms with E-state index in [0.29, 0.717) is 6.42 Å². The minimum Gasteiger partial charge on any atom is -0.444 e. The van der Waals surface area contributed by atoms with Crippen LogP contribution in [0.4, 0.5) is 4.79 Å². The molecule has 1 amide bonds. The molecule has 110 valence electrons. The summed E-state index contributed by atoms with van der Waals surface area (Å²) in [6.07, 6.45) is 8.97. The number of carbonyl (C=O) groups is 1. The third-order valence-corrected chi connectivity index (χ3v) is 2.76. The van der Waals surface area contributed by atoms with Crippen molar-refractivity contribution in [3.8, 4) is 12.3 Å². The van der Waals surface area contributed by atoms with Gasteiger partial charge in [0, 0.05) is 12.5 Å². The van der Waals surface area contributed by atoms with Gasteiger partial charge in [-0.1, -0.05) is 0 Å². The standard InChI is InChI=1S/C15H23N3O2/c1-7-8-11(2)18-10-16-9-13(18)12(3)17-14(19)20-15(4,5)6/h1,9-12H,8H2,2-6H3,(H,17,19)/t11?,12-/m0/s1. The van der Waals surface area contributed by atoms with Gasteiger partial charge in [0.15, 0.2) is 0 Å². The predicted octanol–water partition coefficient (Wildman–Crippen LogP) is 3.05. The molecule has 1 aromatic heterocycles. The molecule has 0 spiro atoms. The van der Waals surface area contributed by atoms with Crippen molar-refractivity contribution in [3.63, 3.8) is 0 Å². The second-order valence-electron chi connectivity index (χ2n) is 5.85. The van der Waals surface area contributed by atoms with Crippen molar-refractivity contribution in [3.05, 3.63) is 18.2 Å². The lowest BCUT2D eigenvalue weighted by molar-refractivity contribution is 0.0506. The fourth-order valence-electron chi connectivity index (χ4n) is 1.85. The van der Waals surface area contributed by atoms with Crippen LogP contribution in [-0.4, -0.2) is 21.2 Å². The second kappa shape index (κ2) is 6.47. The first-order valence-electron chi connectivity index (χ1n) is 6.69. The normalized spacial score (nSPS) is 14.2. The SMILES string of the molecule is C#CCC(C)n1cncc1[C@H](C)NC(=O)OC(C)(C)C. The number of imidazole rings is 1. The van der Waals surface area contributed by atoms with Gasteiger partial charge in [-0.05, 0) is 34.6 Å². The van der Waals surface area contributed by atoms with Gasteiger partial charge in [0.05, 0.1) is 24.3 Å². The maximum Gasteiger partial charge on any atom is 0.408 e. The van der Waals surface area contributed by atoms with Crippen molar-refractivity contribution in [2.45, 2.75) is 58.7 Å². The van der Waals surface area contributed by atoms with E-state index in [1.54, 1.807) is 12.5 Å². The van der Waals surface area contributed by atoms with Gasteiger partial charge in [0.25, 0.3) is 0 Å². The summed E-state index contributed by atoms with van der Waals surface area (Å²) in [5.41, 5.74) is 0.388. The Kier molecular flexibility index (Phi) is 5.20. The molecule has 0 radical (unpaired) electrons. The number of hydrogen-bond donors (Lipinski definition) is 1. The fourth-order valence-corrected chi connectivity index (χ4v) is 1.85. The van der Waals surface area contributed by atoms with Crippen LogP contribution < -0.4 is 5.32 Å². The van der Waals surface area contributed by atoms with Gasteiger partial charge in [-0.3, -0.25) is 0 Å². The van der Waals surface area contributed by atoms with Gasteiger partial charge in [0.2, 0.25) is 0 Å². The van der Waals surface area contributed by atoms with Gasteiger partial charge in [-0.25, -0.2) is 9.78 Å². The first-order valence-corrected chi connectivity index (χ1v) is 6.69. The number of alkyl carbamates (subject to hydrolysis) is 1. The molecule has 0 bridgehead atoms. The van der Waals surface area contributed by atoms with Crippen molar-refractivity contribution >= 4 is 6.09 Å². The largest absolute Gasteiger partial charge is 0.444 e. The first-order chi connectivity index (χ1) is 9.24. The van der Waals surface area contributed by atoms with Crippen molar-refractivity contribution in [1.82, 2.24) is 14.9 Å². The molecule has 0 aliphatic carbocycles. The molecule has 0 saturated carbocycles. The lowest BCUT2D eigenvalue weighted by atomic mass is 10.2. The molecule has 5 nitrogen and oxygen atoms in total. The second-order valence-corrected chi connectivity index (χ2v) is 5.85. The highest BCUT2D eigenvalue weighted by molar-refractivity contribution is 5.68. The molecule has 1 N–H and O–H groups in total. The van der Waals surface area contributed by atoms with Gasteiger partial charge in [-0.2, -0.15) is 0 Å². The highest BCUT2D eigenvalue weighted by atomic mass is 16.6. The van der Waals surface area contributed by atoms with E-state index >= 15 is 0 Å². The maximum atomic E-state index is 11.8. The van der Waals surface area contributed by atoms with Crippen molar-refractivity contribution in [2.75, 3.05) is 0 Å². The monoisotopic (exact) mass is 277 g/mol. The summed E-state index contributed by atoms with van der Waals surface area (Å²) in [6, 6.07) is -0.0621. The Hall–Kier alpha value is -1.96. The van der Waals surface area contributed by atoms with E-state index < -0.39 is 11.7 Å². The van der Waals surface area contributed by atoms with Crippen molar-refractivity contribution in [1.29, 1.82) is 0 Å². The van der Waals surface area contributed by atoms with Crippen LogP contribution in [0.3, 0.4) is 0 Å². The average Bonchev–Trinajstić information content (AvgIpc) is 2.75. The lowest BCUT2D eigenvalue weighted by Crippen LogP contribution is -2.34. The highest BCUT2D eigenvalue weighted by Gasteiger charge is 2.20. The van der Waals surface area contributed by atoms with Crippen LogP contribution in [0.25, 0.3) is 0 Å². The quantitative estimate of drug-likeness (QED) is 0.861. The summed E-state index contributed by atoms with van der Waals surface area (Å²) in [5.74, 6) is 2.63. The van der Waals surface area contributed by atoms with E-state index in [2.05, 4.69) is 16.2 Å². The van der Waals surface area contributed by atoms with E-state index in [4.69, 9.17) is 11.2 Å². The van der Waals surface area contributed by atoms with Gasteiger partial charge in [-0.15, -0.1) is 12.3 Å². The van der Waals surface area contributed by atoms with E-state index in [1.807, 2.05) is 39.2 Å². The van der Waals surface area contributed by atoms with Crippen LogP contribution in [-0.2, 0) is 4.74 Å². The molecule has 0 aliphatic rings. The number of carbonyl (C=O) groups excluding carboxylic acids is 1. The van der Waals surface area contributed by atoms with E-state index in [-0.39, 0.29) is 12.1 Å². The number of ether oxygens (including phenoxy) is 1. The molecule has 0 saturated heterocycles. The zero-order valence-corrected chi connectivity index (χ0v) is 12.8. The van der Waals surface area contributed by atoms with Gasteiger partial charge in [0.1, 0.15) is 5.60 Å². The molecule has 20 heavy (non-hydrogen) atoms. The average molecular weight is 277 g/mol. The molecule has 2 atom stereocenters. The van der Waals surface area contributed by atoms with Gasteiger partial charge < -0.3 is 14.6 Å². The van der Waals surface area contributed by atoms with E-state index in [1.165, 1.54) is 0 Å². The molecular weight excluding hydrogens is 254 g/mol. The van der Waals surface area contributed by atoms with Crippen LogP contribution in [0.15, 0.2) is 12.5 Å². The van der Waals surface area contributed by atoms with Crippen molar-refractivity contribution < 1.29 is 9.53 Å². The van der Waals surface area contributed by atoms with E-state index in [0.717, 1.165) is 5.69 Å². The topological polar surface area (TPSA) is 56.2 Å². The number of amides is 1. The molecule has 1 aromatic rings. The number of rotatable bonds is 4. The van der Waals surface area contributed by atoms with Gasteiger partial charge >= 0.3 is 6.09 Å². The Bertz CT molecular complexity index is 494. The predicted molar refractivity (Wildman–Crippen MR) is 78.2 cm³/mol. The molecule has 5 heteroatoms. The number of terminal acetylenes is 1. The van der Waals surface area contributed by atoms with Crippen LogP contribution >= 0.6 is 0 Å². The summed E-state index contributed by atoms with van der Waals surface area (Å²) in [7, 11) is 0. The Labute approximate surface area is 120 Å². The van der Waals surface area contributed by atoms with E-state index in [9.17, 15) is 4.79 Å². The molecule has 1 rings (SSSR count). The highest BCUT2D eigenvalue weighted by Crippen LogP contribution is 2.19. The molecule has 1 heterocycles. The molecule has 0 aliphatic heterocycles. The van der Waals surface area contributed by atoms with Crippen LogP contribution in [0.1, 0.15) is 58.8 Å². The minimum absolute atomic E-state index is 0.139. The fraction of sp³-hybridized carbons (Fsp3) is 0.600. The first kappa shape index (κ1) is 16.1. The third kappa shape index (κ3) is 4.61. The third-order valence-electron chi connectivity index (χ3n) is 2.76. The minimum atomic E-state index is -0.513. The zero-order valence-electron chi connectivity index (χ0n) is 12.8. The lowest BCUT2D eigenvalue weighted by Gasteiger charge is -2.23. The molecule has 0 fully saturated rings. The summed E-state index contributed by atoms with van der Waals surface area (Å²) in [6.45, 7) is 9.40. The molecule has 1 unspecified atom stereocenters. The number of nitrogens with one attached hydrogen (secondary N) is 1.